The number of nitrogens with zero attached hydrogens (tertiary/aromatic N) is 5. The quantitative estimate of drug-likeness (QED) is 0.801. The second kappa shape index (κ2) is 8.66. The van der Waals surface area contributed by atoms with Crippen LogP contribution in [0.4, 0.5) is 10.6 Å². The van der Waals surface area contributed by atoms with E-state index in [0.717, 1.165) is 18.8 Å². The first-order chi connectivity index (χ1) is 13.2. The molecule has 1 aromatic heterocycles. The van der Waals surface area contributed by atoms with Crippen molar-refractivity contribution in [3.63, 3.8) is 0 Å². The standard InChI is InChI=1S/C19H23N5O3/c1-15-17(14-20)18(24(21-15)16-6-4-3-5-7-16)23(19(25)26-2)9-8-22-10-12-27-13-11-22/h3-7H,8-13H2,1-2H3. The van der Waals surface area contributed by atoms with E-state index in [4.69, 9.17) is 9.47 Å². The molecule has 1 fully saturated rings. The fourth-order valence-corrected chi connectivity index (χ4v) is 3.10. The Hall–Kier alpha value is -2.89. The molecular weight excluding hydrogens is 346 g/mol. The van der Waals surface area contributed by atoms with Crippen molar-refractivity contribution in [3.05, 3.63) is 41.6 Å². The summed E-state index contributed by atoms with van der Waals surface area (Å²) in [5, 5.41) is 14.2. The highest BCUT2D eigenvalue weighted by molar-refractivity contribution is 5.89. The molecule has 0 bridgehead atoms. The Kier molecular flexibility index (Phi) is 6.06. The van der Waals surface area contributed by atoms with Gasteiger partial charge in [-0.2, -0.15) is 10.4 Å². The first kappa shape index (κ1) is 18.9. The zero-order chi connectivity index (χ0) is 19.2. The molecule has 142 valence electrons. The molecule has 3 rings (SSSR count). The molecule has 1 amide bonds. The zero-order valence-electron chi connectivity index (χ0n) is 15.6. The van der Waals surface area contributed by atoms with Gasteiger partial charge in [0.2, 0.25) is 0 Å². The molecule has 0 radical (unpaired) electrons. The van der Waals surface area contributed by atoms with E-state index in [1.165, 1.54) is 12.0 Å². The third-order valence-electron chi connectivity index (χ3n) is 4.54. The van der Waals surface area contributed by atoms with Gasteiger partial charge in [-0.05, 0) is 19.1 Å². The first-order valence-corrected chi connectivity index (χ1v) is 8.86. The molecule has 0 spiro atoms. The lowest BCUT2D eigenvalue weighted by Crippen LogP contribution is -2.44. The van der Waals surface area contributed by atoms with Crippen molar-refractivity contribution < 1.29 is 14.3 Å². The van der Waals surface area contributed by atoms with Crippen LogP contribution in [-0.2, 0) is 9.47 Å². The van der Waals surface area contributed by atoms with Gasteiger partial charge in [-0.1, -0.05) is 18.2 Å². The summed E-state index contributed by atoms with van der Waals surface area (Å²) in [5.41, 5.74) is 1.71. The Balaban J connectivity index is 1.97. The third kappa shape index (κ3) is 4.10. The molecule has 1 aromatic carbocycles. The summed E-state index contributed by atoms with van der Waals surface area (Å²) >= 11 is 0. The van der Waals surface area contributed by atoms with E-state index < -0.39 is 6.09 Å². The minimum atomic E-state index is -0.517. The van der Waals surface area contributed by atoms with E-state index >= 15 is 0 Å². The number of nitriles is 1. The number of carbonyl (C=O) groups excluding carboxylic acids is 1. The Morgan fingerprint density at radius 3 is 2.67 bits per heavy atom. The lowest BCUT2D eigenvalue weighted by atomic mass is 10.2. The van der Waals surface area contributed by atoms with Gasteiger partial charge in [0.1, 0.15) is 11.6 Å². The molecule has 0 atom stereocenters. The summed E-state index contributed by atoms with van der Waals surface area (Å²) in [6.45, 7) is 5.81. The Bertz CT molecular complexity index is 822. The first-order valence-electron chi connectivity index (χ1n) is 8.86. The number of ether oxygens (including phenoxy) is 2. The fraction of sp³-hybridized carbons (Fsp3) is 0.421. The molecule has 27 heavy (non-hydrogen) atoms. The number of para-hydroxylation sites is 1. The van der Waals surface area contributed by atoms with E-state index in [-0.39, 0.29) is 0 Å². The number of benzene rings is 1. The SMILES string of the molecule is COC(=O)N(CCN1CCOCC1)c1c(C#N)c(C)nn1-c1ccccc1. The van der Waals surface area contributed by atoms with Crippen molar-refractivity contribution in [3.8, 4) is 11.8 Å². The number of hydrogen-bond donors (Lipinski definition) is 0. The second-order valence-electron chi connectivity index (χ2n) is 6.22. The topological polar surface area (TPSA) is 83.6 Å². The number of carbonyl (C=O) groups is 1. The van der Waals surface area contributed by atoms with Crippen LogP contribution >= 0.6 is 0 Å². The van der Waals surface area contributed by atoms with Crippen molar-refractivity contribution >= 4 is 11.9 Å². The molecule has 0 N–H and O–H groups in total. The van der Waals surface area contributed by atoms with E-state index in [9.17, 15) is 10.1 Å². The number of amides is 1. The third-order valence-corrected chi connectivity index (χ3v) is 4.54. The van der Waals surface area contributed by atoms with Crippen LogP contribution in [0.1, 0.15) is 11.3 Å². The number of morpholine rings is 1. The summed E-state index contributed by atoms with van der Waals surface area (Å²) in [6, 6.07) is 11.6. The molecule has 1 saturated heterocycles. The summed E-state index contributed by atoms with van der Waals surface area (Å²) < 4.78 is 12.0. The number of rotatable bonds is 5. The van der Waals surface area contributed by atoms with Crippen molar-refractivity contribution in [1.82, 2.24) is 14.7 Å². The van der Waals surface area contributed by atoms with Crippen LogP contribution in [-0.4, -0.2) is 67.3 Å². The molecule has 0 unspecified atom stereocenters. The molecular formula is C19H23N5O3. The van der Waals surface area contributed by atoms with Crippen LogP contribution in [0, 0.1) is 18.3 Å². The lowest BCUT2D eigenvalue weighted by molar-refractivity contribution is 0.0391. The van der Waals surface area contributed by atoms with Crippen molar-refractivity contribution in [2.75, 3.05) is 51.4 Å². The lowest BCUT2D eigenvalue weighted by Gasteiger charge is -2.29. The zero-order valence-corrected chi connectivity index (χ0v) is 15.6. The number of hydrogen-bond acceptors (Lipinski definition) is 6. The number of anilines is 1. The molecule has 2 heterocycles. The largest absolute Gasteiger partial charge is 0.452 e. The summed E-state index contributed by atoms with van der Waals surface area (Å²) in [4.78, 5) is 16.3. The minimum Gasteiger partial charge on any atom is -0.452 e. The highest BCUT2D eigenvalue weighted by Gasteiger charge is 2.28. The number of aromatic nitrogens is 2. The minimum absolute atomic E-state index is 0.367. The van der Waals surface area contributed by atoms with Crippen LogP contribution in [0.25, 0.3) is 5.69 Å². The molecule has 1 aliphatic heterocycles. The number of methoxy groups -OCH3 is 1. The summed E-state index contributed by atoms with van der Waals surface area (Å²) in [6.07, 6.45) is -0.517. The van der Waals surface area contributed by atoms with Gasteiger partial charge >= 0.3 is 6.09 Å². The molecule has 2 aromatic rings. The fourth-order valence-electron chi connectivity index (χ4n) is 3.10. The van der Waals surface area contributed by atoms with Gasteiger partial charge in [-0.3, -0.25) is 9.80 Å². The van der Waals surface area contributed by atoms with Gasteiger partial charge in [-0.15, -0.1) is 0 Å². The van der Waals surface area contributed by atoms with Gasteiger partial charge < -0.3 is 9.47 Å². The average molecular weight is 369 g/mol. The molecule has 8 heteroatoms. The highest BCUT2D eigenvalue weighted by Crippen LogP contribution is 2.27. The van der Waals surface area contributed by atoms with Crippen molar-refractivity contribution in [2.45, 2.75) is 6.92 Å². The second-order valence-corrected chi connectivity index (χ2v) is 6.22. The van der Waals surface area contributed by atoms with Crippen LogP contribution in [0.15, 0.2) is 30.3 Å². The molecule has 0 saturated carbocycles. The Morgan fingerprint density at radius 1 is 1.33 bits per heavy atom. The van der Waals surface area contributed by atoms with Gasteiger partial charge in [0, 0.05) is 26.2 Å². The maximum Gasteiger partial charge on any atom is 0.415 e. The van der Waals surface area contributed by atoms with Gasteiger partial charge in [0.15, 0.2) is 5.82 Å². The molecule has 0 aliphatic carbocycles. The smallest absolute Gasteiger partial charge is 0.415 e. The highest BCUT2D eigenvalue weighted by atomic mass is 16.5. The van der Waals surface area contributed by atoms with E-state index in [1.54, 1.807) is 11.6 Å². The Morgan fingerprint density at radius 2 is 2.04 bits per heavy atom. The van der Waals surface area contributed by atoms with Gasteiger partial charge in [0.05, 0.1) is 31.7 Å². The van der Waals surface area contributed by atoms with Crippen molar-refractivity contribution in [2.24, 2.45) is 0 Å². The van der Waals surface area contributed by atoms with E-state index in [0.29, 0.717) is 43.4 Å². The normalized spacial score (nSPS) is 14.6. The summed E-state index contributed by atoms with van der Waals surface area (Å²) in [5.74, 6) is 0.432. The van der Waals surface area contributed by atoms with E-state index in [1.807, 2.05) is 30.3 Å². The van der Waals surface area contributed by atoms with Crippen LogP contribution in [0.5, 0.6) is 0 Å². The van der Waals surface area contributed by atoms with Crippen molar-refractivity contribution in [1.29, 1.82) is 5.26 Å². The maximum absolute atomic E-state index is 12.6. The average Bonchev–Trinajstić information content (AvgIpc) is 3.05. The number of aryl methyl sites for hydroxylation is 1. The predicted molar refractivity (Wildman–Crippen MR) is 100 cm³/mol. The maximum atomic E-state index is 12.6. The Labute approximate surface area is 158 Å². The summed E-state index contributed by atoms with van der Waals surface area (Å²) in [7, 11) is 1.34. The van der Waals surface area contributed by atoms with Crippen LogP contribution in [0.2, 0.25) is 0 Å². The molecule has 1 aliphatic rings. The van der Waals surface area contributed by atoms with E-state index in [2.05, 4.69) is 16.1 Å². The predicted octanol–water partition coefficient (Wildman–Crippen LogP) is 1.96. The monoisotopic (exact) mass is 369 g/mol. The van der Waals surface area contributed by atoms with Crippen LogP contribution < -0.4 is 4.90 Å². The van der Waals surface area contributed by atoms with Crippen LogP contribution in [0.3, 0.4) is 0 Å². The molecule has 8 nitrogen and oxygen atoms in total. The van der Waals surface area contributed by atoms with Gasteiger partial charge in [-0.25, -0.2) is 9.48 Å². The van der Waals surface area contributed by atoms with Gasteiger partial charge in [0.25, 0.3) is 0 Å².